The topological polar surface area (TPSA) is 32.3 Å². The van der Waals surface area contributed by atoms with Crippen molar-refractivity contribution in [3.8, 4) is 5.75 Å². The monoisotopic (exact) mass is 245 g/mol. The summed E-state index contributed by atoms with van der Waals surface area (Å²) in [4.78, 5) is 0. The number of hydrogen-bond donors (Lipinski definition) is 2. The molecule has 0 aliphatic rings. The molecule has 0 aliphatic heterocycles. The Balaban J connectivity index is 1.99. The Hall–Kier alpha value is -2.03. The maximum absolute atomic E-state index is 13.5. The average Bonchev–Trinajstić information content (AvgIpc) is 2.35. The van der Waals surface area contributed by atoms with E-state index in [-0.39, 0.29) is 17.6 Å². The van der Waals surface area contributed by atoms with Gasteiger partial charge in [0.2, 0.25) is 0 Å². The normalized spacial score (nSPS) is 12.1. The van der Waals surface area contributed by atoms with Gasteiger partial charge in [-0.3, -0.25) is 0 Å². The van der Waals surface area contributed by atoms with E-state index in [9.17, 15) is 9.50 Å². The lowest BCUT2D eigenvalue weighted by Gasteiger charge is -2.15. The van der Waals surface area contributed by atoms with Gasteiger partial charge in [-0.05, 0) is 49.2 Å². The lowest BCUT2D eigenvalue weighted by molar-refractivity contribution is 0.475. The fraction of sp³-hybridized carbons (Fsp3) is 0.200. The lowest BCUT2D eigenvalue weighted by atomic mass is 10.1. The minimum atomic E-state index is -0.170. The third kappa shape index (κ3) is 3.23. The molecule has 1 atom stereocenters. The number of hydrogen-bond acceptors (Lipinski definition) is 2. The molecule has 1 unspecified atom stereocenters. The number of phenols is 1. The van der Waals surface area contributed by atoms with Gasteiger partial charge in [0, 0.05) is 11.7 Å². The van der Waals surface area contributed by atoms with Crippen LogP contribution in [0.15, 0.2) is 48.5 Å². The van der Waals surface area contributed by atoms with Crippen molar-refractivity contribution in [3.63, 3.8) is 0 Å². The highest BCUT2D eigenvalue weighted by atomic mass is 19.1. The second-order valence-electron chi connectivity index (χ2n) is 4.39. The molecule has 0 fully saturated rings. The van der Waals surface area contributed by atoms with Gasteiger partial charge in [-0.1, -0.05) is 18.2 Å². The number of phenolic OH excluding ortho intramolecular Hbond substituents is 1. The van der Waals surface area contributed by atoms with Gasteiger partial charge < -0.3 is 10.4 Å². The van der Waals surface area contributed by atoms with Crippen molar-refractivity contribution in [2.24, 2.45) is 0 Å². The Morgan fingerprint density at radius 1 is 1.11 bits per heavy atom. The third-order valence-corrected chi connectivity index (χ3v) is 2.76. The summed E-state index contributed by atoms with van der Waals surface area (Å²) in [6, 6.07) is 13.8. The van der Waals surface area contributed by atoms with Crippen LogP contribution in [0, 0.1) is 5.82 Å². The molecule has 0 spiro atoms. The zero-order valence-electron chi connectivity index (χ0n) is 10.2. The Bertz CT molecular complexity index is 510. The molecule has 0 saturated carbocycles. The van der Waals surface area contributed by atoms with Gasteiger partial charge >= 0.3 is 0 Å². The predicted molar refractivity (Wildman–Crippen MR) is 71.3 cm³/mol. The summed E-state index contributed by atoms with van der Waals surface area (Å²) in [5.41, 5.74) is 1.62. The van der Waals surface area contributed by atoms with E-state index in [1.807, 2.05) is 13.0 Å². The molecule has 0 bridgehead atoms. The quantitative estimate of drug-likeness (QED) is 0.807. The molecule has 2 nitrogen and oxygen atoms in total. The van der Waals surface area contributed by atoms with E-state index in [0.717, 1.165) is 5.69 Å². The third-order valence-electron chi connectivity index (χ3n) is 2.76. The van der Waals surface area contributed by atoms with E-state index < -0.39 is 0 Å². The molecule has 0 aromatic heterocycles. The zero-order valence-corrected chi connectivity index (χ0v) is 10.2. The summed E-state index contributed by atoms with van der Waals surface area (Å²) >= 11 is 0. The number of aromatic hydroxyl groups is 1. The second-order valence-corrected chi connectivity index (χ2v) is 4.39. The van der Waals surface area contributed by atoms with E-state index >= 15 is 0 Å². The lowest BCUT2D eigenvalue weighted by Crippen LogP contribution is -2.18. The largest absolute Gasteiger partial charge is 0.508 e. The maximum atomic E-state index is 13.5. The van der Waals surface area contributed by atoms with Crippen LogP contribution in [0.25, 0.3) is 0 Å². The first kappa shape index (κ1) is 12.4. The van der Waals surface area contributed by atoms with Crippen LogP contribution in [-0.4, -0.2) is 11.1 Å². The van der Waals surface area contributed by atoms with Crippen LogP contribution < -0.4 is 5.32 Å². The van der Waals surface area contributed by atoms with E-state index in [1.54, 1.807) is 36.4 Å². The molecule has 0 aliphatic carbocycles. The molecule has 2 aromatic rings. The number of halogens is 1. The highest BCUT2D eigenvalue weighted by Gasteiger charge is 2.07. The first-order chi connectivity index (χ1) is 8.65. The Morgan fingerprint density at radius 3 is 2.44 bits per heavy atom. The number of anilines is 1. The molecule has 2 N–H and O–H groups in total. The van der Waals surface area contributed by atoms with Crippen molar-refractivity contribution in [2.75, 3.05) is 5.32 Å². The van der Waals surface area contributed by atoms with Gasteiger partial charge in [0.15, 0.2) is 0 Å². The van der Waals surface area contributed by atoms with Crippen LogP contribution in [-0.2, 0) is 6.42 Å². The first-order valence-electron chi connectivity index (χ1n) is 5.94. The minimum absolute atomic E-state index is 0.117. The average molecular weight is 245 g/mol. The Morgan fingerprint density at radius 2 is 1.78 bits per heavy atom. The van der Waals surface area contributed by atoms with Crippen LogP contribution in [0.3, 0.4) is 0 Å². The van der Waals surface area contributed by atoms with Gasteiger partial charge in [0.05, 0.1) is 0 Å². The van der Waals surface area contributed by atoms with E-state index in [2.05, 4.69) is 5.32 Å². The number of nitrogens with one attached hydrogen (secondary N) is 1. The van der Waals surface area contributed by atoms with Crippen LogP contribution in [0.4, 0.5) is 10.1 Å². The fourth-order valence-electron chi connectivity index (χ4n) is 1.89. The van der Waals surface area contributed by atoms with E-state index in [4.69, 9.17) is 0 Å². The molecule has 0 heterocycles. The van der Waals surface area contributed by atoms with Crippen LogP contribution in [0.1, 0.15) is 12.5 Å². The molecular weight excluding hydrogens is 229 g/mol. The minimum Gasteiger partial charge on any atom is -0.508 e. The van der Waals surface area contributed by atoms with Gasteiger partial charge in [-0.25, -0.2) is 4.39 Å². The van der Waals surface area contributed by atoms with Crippen molar-refractivity contribution < 1.29 is 9.50 Å². The molecule has 18 heavy (non-hydrogen) atoms. The summed E-state index contributed by atoms with van der Waals surface area (Å²) in [5, 5.41) is 12.5. The zero-order chi connectivity index (χ0) is 13.0. The smallest absolute Gasteiger partial charge is 0.126 e. The van der Waals surface area contributed by atoms with E-state index in [0.29, 0.717) is 12.0 Å². The molecule has 2 rings (SSSR count). The highest BCUT2D eigenvalue weighted by molar-refractivity contribution is 5.46. The summed E-state index contributed by atoms with van der Waals surface area (Å²) in [7, 11) is 0. The molecule has 0 amide bonds. The van der Waals surface area contributed by atoms with Crippen molar-refractivity contribution in [1.29, 1.82) is 0 Å². The number of rotatable bonds is 4. The van der Waals surface area contributed by atoms with Gasteiger partial charge in [0.1, 0.15) is 11.6 Å². The van der Waals surface area contributed by atoms with Crippen LogP contribution in [0.5, 0.6) is 5.75 Å². The summed E-state index contributed by atoms with van der Waals surface area (Å²) in [5.74, 6) is 0.0687. The molecule has 0 radical (unpaired) electrons. The van der Waals surface area contributed by atoms with Crippen molar-refractivity contribution in [2.45, 2.75) is 19.4 Å². The fourth-order valence-corrected chi connectivity index (χ4v) is 1.89. The van der Waals surface area contributed by atoms with Crippen molar-refractivity contribution in [3.05, 3.63) is 59.9 Å². The van der Waals surface area contributed by atoms with Crippen molar-refractivity contribution >= 4 is 5.69 Å². The van der Waals surface area contributed by atoms with Crippen LogP contribution in [0.2, 0.25) is 0 Å². The molecular formula is C15H16FNO. The standard InChI is InChI=1S/C15H16FNO/c1-11(10-12-4-2-3-5-15(12)16)17-13-6-8-14(18)9-7-13/h2-9,11,17-18H,10H2,1H3. The van der Waals surface area contributed by atoms with Gasteiger partial charge in [-0.2, -0.15) is 0 Å². The summed E-state index contributed by atoms with van der Waals surface area (Å²) < 4.78 is 13.5. The summed E-state index contributed by atoms with van der Waals surface area (Å²) in [6.45, 7) is 2.00. The second kappa shape index (κ2) is 5.54. The van der Waals surface area contributed by atoms with Gasteiger partial charge in [-0.15, -0.1) is 0 Å². The van der Waals surface area contributed by atoms with E-state index in [1.165, 1.54) is 6.07 Å². The molecule has 94 valence electrons. The maximum Gasteiger partial charge on any atom is 0.126 e. The van der Waals surface area contributed by atoms with Crippen molar-refractivity contribution in [1.82, 2.24) is 0 Å². The number of benzene rings is 2. The first-order valence-corrected chi connectivity index (χ1v) is 5.94. The molecule has 0 saturated heterocycles. The summed E-state index contributed by atoms with van der Waals surface area (Å²) in [6.07, 6.45) is 0.619. The SMILES string of the molecule is CC(Cc1ccccc1F)Nc1ccc(O)cc1. The Kier molecular flexibility index (Phi) is 3.82. The molecule has 3 heteroatoms. The van der Waals surface area contributed by atoms with Crippen LogP contribution >= 0.6 is 0 Å². The molecule has 2 aromatic carbocycles. The predicted octanol–water partition coefficient (Wildman–Crippen LogP) is 3.57. The Labute approximate surface area is 106 Å². The van der Waals surface area contributed by atoms with Gasteiger partial charge in [0.25, 0.3) is 0 Å². The highest BCUT2D eigenvalue weighted by Crippen LogP contribution is 2.16.